The fourth-order valence-electron chi connectivity index (χ4n) is 4.28. The van der Waals surface area contributed by atoms with Gasteiger partial charge >= 0.3 is 23.9 Å². The Balaban J connectivity index is 1.97. The Morgan fingerprint density at radius 3 is 1.75 bits per heavy atom. The molecule has 4 N–H and O–H groups in total. The van der Waals surface area contributed by atoms with Crippen LogP contribution in [0.3, 0.4) is 0 Å². The third-order valence-electron chi connectivity index (χ3n) is 6.08. The number of aryl methyl sites for hydroxylation is 1. The van der Waals surface area contributed by atoms with Crippen LogP contribution in [0, 0.1) is 6.92 Å². The Morgan fingerprint density at radius 1 is 0.725 bits per heavy atom. The maximum absolute atomic E-state index is 11.9. The molecule has 12 heteroatoms. The zero-order valence-electron chi connectivity index (χ0n) is 21.8. The van der Waals surface area contributed by atoms with Crippen molar-refractivity contribution in [2.75, 3.05) is 19.6 Å². The largest absolute Gasteiger partial charge is 0.480 e. The molecule has 3 aromatic rings. The van der Waals surface area contributed by atoms with Gasteiger partial charge in [0.05, 0.1) is 24.5 Å². The first-order chi connectivity index (χ1) is 19.0. The Hall–Kier alpha value is -4.68. The quantitative estimate of drug-likeness (QED) is 0.217. The molecule has 1 aromatic carbocycles. The van der Waals surface area contributed by atoms with Crippen molar-refractivity contribution in [3.05, 3.63) is 94.6 Å². The molecular weight excluding hydrogens is 520 g/mol. The summed E-state index contributed by atoms with van der Waals surface area (Å²) in [6.45, 7) is 1.21. The third kappa shape index (κ3) is 9.26. The fraction of sp³-hybridized carbons (Fsp3) is 0.286. The van der Waals surface area contributed by atoms with Crippen LogP contribution in [0.4, 0.5) is 0 Å². The van der Waals surface area contributed by atoms with Crippen molar-refractivity contribution in [2.24, 2.45) is 0 Å². The molecule has 0 spiro atoms. The zero-order chi connectivity index (χ0) is 29.2. The number of carboxylic acids is 4. The second-order valence-corrected chi connectivity index (χ2v) is 9.34. The van der Waals surface area contributed by atoms with Crippen LogP contribution in [0.2, 0.25) is 0 Å². The highest BCUT2D eigenvalue weighted by molar-refractivity contribution is 5.85. The van der Waals surface area contributed by atoms with Gasteiger partial charge in [-0.15, -0.1) is 0 Å². The van der Waals surface area contributed by atoms with Crippen molar-refractivity contribution in [2.45, 2.75) is 32.5 Å². The van der Waals surface area contributed by atoms with E-state index in [0.717, 1.165) is 11.1 Å². The molecule has 0 saturated carbocycles. The minimum atomic E-state index is -1.22. The number of aliphatic carboxylic acids is 2. The van der Waals surface area contributed by atoms with Crippen LogP contribution >= 0.6 is 0 Å². The maximum atomic E-state index is 11.9. The Bertz CT molecular complexity index is 1360. The number of hydrogen-bond donors (Lipinski definition) is 4. The van der Waals surface area contributed by atoms with Crippen LogP contribution in [0.25, 0.3) is 0 Å². The minimum Gasteiger partial charge on any atom is -0.480 e. The number of pyridine rings is 2. The Morgan fingerprint density at radius 2 is 1.25 bits per heavy atom. The molecule has 1 atom stereocenters. The second-order valence-electron chi connectivity index (χ2n) is 9.34. The molecule has 1 unspecified atom stereocenters. The molecular formula is C28H30N4O8. The molecule has 40 heavy (non-hydrogen) atoms. The number of benzene rings is 1. The summed E-state index contributed by atoms with van der Waals surface area (Å²) in [5, 5.41) is 38.0. The standard InChI is InChI=1S/C28H30N4O8/c1-18-8-10-19(11-9-18)12-22(32(17-26(35)36)14-21-5-3-7-24(30-21)28(39)40)15-31(16-25(33)34)13-20-4-2-6-23(29-20)27(37)38/h2-11,22H,12-17H2,1H3,(H,33,34)(H,35,36)(H,37,38)(H,39,40). The van der Waals surface area contributed by atoms with Gasteiger partial charge in [-0.1, -0.05) is 42.0 Å². The number of nitrogens with zero attached hydrogens (tertiary/aromatic N) is 4. The third-order valence-corrected chi connectivity index (χ3v) is 6.08. The van der Waals surface area contributed by atoms with Crippen molar-refractivity contribution < 1.29 is 39.6 Å². The Kier molecular flexibility index (Phi) is 10.4. The van der Waals surface area contributed by atoms with Crippen LogP contribution < -0.4 is 0 Å². The first-order valence-corrected chi connectivity index (χ1v) is 12.3. The fourth-order valence-corrected chi connectivity index (χ4v) is 4.28. The van der Waals surface area contributed by atoms with Crippen LogP contribution in [0.1, 0.15) is 43.5 Å². The van der Waals surface area contributed by atoms with Crippen molar-refractivity contribution in [1.29, 1.82) is 0 Å². The maximum Gasteiger partial charge on any atom is 0.354 e. The lowest BCUT2D eigenvalue weighted by Gasteiger charge is -2.34. The van der Waals surface area contributed by atoms with Crippen LogP contribution in [0.5, 0.6) is 0 Å². The van der Waals surface area contributed by atoms with E-state index in [4.69, 9.17) is 0 Å². The number of aromatic nitrogens is 2. The summed E-state index contributed by atoms with van der Waals surface area (Å²) in [6.07, 6.45) is 0.352. The highest BCUT2D eigenvalue weighted by atomic mass is 16.4. The van der Waals surface area contributed by atoms with E-state index in [2.05, 4.69) is 9.97 Å². The van der Waals surface area contributed by atoms with E-state index in [1.807, 2.05) is 31.2 Å². The molecule has 0 fully saturated rings. The number of hydrogen-bond acceptors (Lipinski definition) is 8. The van der Waals surface area contributed by atoms with Gasteiger partial charge in [0, 0.05) is 25.7 Å². The van der Waals surface area contributed by atoms with E-state index in [-0.39, 0.29) is 31.0 Å². The Labute approximate surface area is 230 Å². The van der Waals surface area contributed by atoms with Gasteiger partial charge in [0.1, 0.15) is 11.4 Å². The van der Waals surface area contributed by atoms with Crippen molar-refractivity contribution >= 4 is 23.9 Å². The SMILES string of the molecule is Cc1ccc(CC(CN(CC(=O)O)Cc2cccc(C(=O)O)n2)N(CC(=O)O)Cc2cccc(C(=O)O)n2)cc1. The number of carboxylic acid groups (broad SMARTS) is 4. The molecule has 0 bridgehead atoms. The number of aromatic carboxylic acids is 2. The van der Waals surface area contributed by atoms with E-state index in [0.29, 0.717) is 17.8 Å². The van der Waals surface area contributed by atoms with Crippen LogP contribution in [-0.4, -0.2) is 89.7 Å². The van der Waals surface area contributed by atoms with E-state index in [9.17, 15) is 39.6 Å². The van der Waals surface area contributed by atoms with E-state index < -0.39 is 43.0 Å². The molecule has 0 amide bonds. The van der Waals surface area contributed by atoms with Crippen molar-refractivity contribution in [1.82, 2.24) is 19.8 Å². The average Bonchev–Trinajstić information content (AvgIpc) is 2.89. The molecule has 2 heterocycles. The normalized spacial score (nSPS) is 11.9. The molecule has 0 aliphatic heterocycles. The first kappa shape index (κ1) is 29.9. The average molecular weight is 551 g/mol. The molecule has 0 saturated heterocycles. The van der Waals surface area contributed by atoms with Crippen molar-refractivity contribution in [3.8, 4) is 0 Å². The summed E-state index contributed by atoms with van der Waals surface area (Å²) in [7, 11) is 0. The smallest absolute Gasteiger partial charge is 0.354 e. The highest BCUT2D eigenvalue weighted by Crippen LogP contribution is 2.17. The van der Waals surface area contributed by atoms with Gasteiger partial charge in [0.2, 0.25) is 0 Å². The van der Waals surface area contributed by atoms with E-state index in [1.54, 1.807) is 21.9 Å². The van der Waals surface area contributed by atoms with Gasteiger partial charge in [-0.25, -0.2) is 19.6 Å². The van der Waals surface area contributed by atoms with Crippen LogP contribution in [0.15, 0.2) is 60.7 Å². The molecule has 0 radical (unpaired) electrons. The molecule has 0 aliphatic rings. The zero-order valence-corrected chi connectivity index (χ0v) is 21.8. The number of rotatable bonds is 15. The van der Waals surface area contributed by atoms with Crippen molar-refractivity contribution in [3.63, 3.8) is 0 Å². The van der Waals surface area contributed by atoms with Gasteiger partial charge in [0.15, 0.2) is 0 Å². The predicted octanol–water partition coefficient (Wildman–Crippen LogP) is 2.27. The second kappa shape index (κ2) is 13.9. The van der Waals surface area contributed by atoms with Gasteiger partial charge < -0.3 is 20.4 Å². The summed E-state index contributed by atoms with van der Waals surface area (Å²) < 4.78 is 0. The van der Waals surface area contributed by atoms with Crippen LogP contribution in [-0.2, 0) is 29.1 Å². The molecule has 3 rings (SSSR count). The molecule has 0 aliphatic carbocycles. The lowest BCUT2D eigenvalue weighted by Crippen LogP contribution is -2.48. The summed E-state index contributed by atoms with van der Waals surface area (Å²) in [6, 6.07) is 16.0. The highest BCUT2D eigenvalue weighted by Gasteiger charge is 2.26. The lowest BCUT2D eigenvalue weighted by atomic mass is 10.0. The molecule has 2 aromatic heterocycles. The van der Waals surface area contributed by atoms with E-state index in [1.165, 1.54) is 24.3 Å². The van der Waals surface area contributed by atoms with Gasteiger partial charge in [-0.3, -0.25) is 19.4 Å². The summed E-state index contributed by atoms with van der Waals surface area (Å²) in [4.78, 5) is 57.9. The van der Waals surface area contributed by atoms with Gasteiger partial charge in [-0.05, 0) is 43.2 Å². The molecule has 12 nitrogen and oxygen atoms in total. The molecule has 210 valence electrons. The van der Waals surface area contributed by atoms with E-state index >= 15 is 0 Å². The lowest BCUT2D eigenvalue weighted by molar-refractivity contribution is -0.141. The summed E-state index contributed by atoms with van der Waals surface area (Å²) in [5.74, 6) is -4.67. The number of carbonyl (C=O) groups is 4. The predicted molar refractivity (Wildman–Crippen MR) is 142 cm³/mol. The van der Waals surface area contributed by atoms with Gasteiger partial charge in [-0.2, -0.15) is 0 Å². The van der Waals surface area contributed by atoms with Gasteiger partial charge in [0.25, 0.3) is 0 Å². The summed E-state index contributed by atoms with van der Waals surface area (Å²) >= 11 is 0. The monoisotopic (exact) mass is 550 g/mol. The topological polar surface area (TPSA) is 181 Å². The summed E-state index contributed by atoms with van der Waals surface area (Å²) in [5.41, 5.74) is 2.25. The minimum absolute atomic E-state index is 0.00237. The first-order valence-electron chi connectivity index (χ1n) is 12.3.